The molecule has 1 aliphatic heterocycles. The first-order chi connectivity index (χ1) is 12.8. The van der Waals surface area contributed by atoms with Crippen LogP contribution in [0.25, 0.3) is 0 Å². The Hall–Kier alpha value is -2.19. The molecule has 140 valence electrons. The molecule has 2 aromatic heterocycles. The maximum absolute atomic E-state index is 5.44. The summed E-state index contributed by atoms with van der Waals surface area (Å²) in [5.41, 5.74) is 1.12. The maximum atomic E-state index is 5.44. The van der Waals surface area contributed by atoms with E-state index < -0.39 is 0 Å². The number of rotatable bonds is 6. The molecule has 0 amide bonds. The van der Waals surface area contributed by atoms with Crippen LogP contribution < -0.4 is 15.5 Å². The van der Waals surface area contributed by atoms with Crippen LogP contribution in [-0.4, -0.2) is 48.8 Å². The summed E-state index contributed by atoms with van der Waals surface area (Å²) in [5, 5.41) is 7.70. The Bertz CT molecular complexity index is 726. The summed E-state index contributed by atoms with van der Waals surface area (Å²) >= 11 is 1.70. The van der Waals surface area contributed by atoms with Crippen LogP contribution in [0.15, 0.2) is 29.5 Å². The highest BCUT2D eigenvalue weighted by Gasteiger charge is 2.15. The van der Waals surface area contributed by atoms with E-state index in [1.54, 1.807) is 11.3 Å². The van der Waals surface area contributed by atoms with Crippen LogP contribution in [0.5, 0.6) is 0 Å². The minimum Gasteiger partial charge on any atom is -0.378 e. The second-order valence-electron chi connectivity index (χ2n) is 6.00. The molecule has 1 saturated heterocycles. The molecular formula is C18H26N6OS. The highest BCUT2D eigenvalue weighted by molar-refractivity contribution is 7.11. The fourth-order valence-corrected chi connectivity index (χ4v) is 3.49. The van der Waals surface area contributed by atoms with E-state index >= 15 is 0 Å². The van der Waals surface area contributed by atoms with E-state index in [1.807, 2.05) is 18.5 Å². The third kappa shape index (κ3) is 5.15. The lowest BCUT2D eigenvalue weighted by Gasteiger charge is -2.29. The van der Waals surface area contributed by atoms with Crippen molar-refractivity contribution in [3.63, 3.8) is 0 Å². The Kier molecular flexibility index (Phi) is 6.79. The van der Waals surface area contributed by atoms with Crippen LogP contribution in [-0.2, 0) is 17.8 Å². The van der Waals surface area contributed by atoms with Crippen LogP contribution in [0.4, 0.5) is 5.82 Å². The van der Waals surface area contributed by atoms with Crippen molar-refractivity contribution in [2.45, 2.75) is 26.9 Å². The number of nitrogens with zero attached hydrogens (tertiary/aromatic N) is 4. The van der Waals surface area contributed by atoms with Gasteiger partial charge in [0.2, 0.25) is 0 Å². The van der Waals surface area contributed by atoms with Gasteiger partial charge in [0.25, 0.3) is 0 Å². The second-order valence-corrected chi connectivity index (χ2v) is 7.32. The third-order valence-electron chi connectivity index (χ3n) is 4.01. The fraction of sp³-hybridized carbons (Fsp3) is 0.500. The monoisotopic (exact) mass is 374 g/mol. The molecule has 7 nitrogen and oxygen atoms in total. The van der Waals surface area contributed by atoms with Gasteiger partial charge in [-0.15, -0.1) is 11.3 Å². The summed E-state index contributed by atoms with van der Waals surface area (Å²) in [6.07, 6.45) is 3.74. The quantitative estimate of drug-likeness (QED) is 0.595. The second kappa shape index (κ2) is 9.49. The van der Waals surface area contributed by atoms with Crippen LogP contribution in [0.1, 0.15) is 22.4 Å². The van der Waals surface area contributed by atoms with Gasteiger partial charge in [-0.1, -0.05) is 6.07 Å². The normalized spacial score (nSPS) is 15.2. The predicted molar refractivity (Wildman–Crippen MR) is 106 cm³/mol. The van der Waals surface area contributed by atoms with Crippen LogP contribution >= 0.6 is 11.3 Å². The smallest absolute Gasteiger partial charge is 0.191 e. The molecule has 0 saturated carbocycles. The summed E-state index contributed by atoms with van der Waals surface area (Å²) in [6.45, 7) is 9.43. The lowest BCUT2D eigenvalue weighted by molar-refractivity contribution is 0.122. The molecule has 2 N–H and O–H groups in total. The fourth-order valence-electron chi connectivity index (χ4n) is 2.76. The number of thiazole rings is 1. The Morgan fingerprint density at radius 2 is 2.15 bits per heavy atom. The van der Waals surface area contributed by atoms with Crippen molar-refractivity contribution in [3.05, 3.63) is 40.0 Å². The van der Waals surface area contributed by atoms with Gasteiger partial charge in [0.15, 0.2) is 5.96 Å². The molecule has 3 heterocycles. The zero-order chi connectivity index (χ0) is 18.2. The van der Waals surface area contributed by atoms with Crippen molar-refractivity contribution in [2.75, 3.05) is 37.7 Å². The summed E-state index contributed by atoms with van der Waals surface area (Å²) in [4.78, 5) is 17.2. The molecule has 0 aromatic carbocycles. The van der Waals surface area contributed by atoms with Crippen LogP contribution in [0, 0.1) is 6.92 Å². The Morgan fingerprint density at radius 3 is 2.88 bits per heavy atom. The molecule has 2 aromatic rings. The molecule has 1 aliphatic rings. The van der Waals surface area contributed by atoms with Gasteiger partial charge in [-0.3, -0.25) is 0 Å². The first-order valence-electron chi connectivity index (χ1n) is 8.96. The van der Waals surface area contributed by atoms with Crippen molar-refractivity contribution in [3.8, 4) is 0 Å². The number of hydrogen-bond donors (Lipinski definition) is 2. The van der Waals surface area contributed by atoms with Gasteiger partial charge in [0.05, 0.1) is 26.3 Å². The van der Waals surface area contributed by atoms with E-state index in [9.17, 15) is 0 Å². The molecule has 0 radical (unpaired) electrons. The largest absolute Gasteiger partial charge is 0.378 e. The average molecular weight is 375 g/mol. The van der Waals surface area contributed by atoms with Crippen molar-refractivity contribution in [1.82, 2.24) is 20.6 Å². The minimum absolute atomic E-state index is 0.576. The minimum atomic E-state index is 0.576. The number of aliphatic imine (C=N–C) groups is 1. The Labute approximate surface area is 158 Å². The number of ether oxygens (including phenoxy) is 1. The first kappa shape index (κ1) is 18.6. The molecule has 0 bridgehead atoms. The Morgan fingerprint density at radius 1 is 1.31 bits per heavy atom. The van der Waals surface area contributed by atoms with E-state index in [-0.39, 0.29) is 0 Å². The zero-order valence-electron chi connectivity index (χ0n) is 15.4. The molecule has 0 atom stereocenters. The van der Waals surface area contributed by atoms with E-state index in [2.05, 4.69) is 45.4 Å². The lowest BCUT2D eigenvalue weighted by atomic mass is 10.2. The maximum Gasteiger partial charge on any atom is 0.191 e. The summed E-state index contributed by atoms with van der Waals surface area (Å²) in [6, 6.07) is 4.06. The third-order valence-corrected chi connectivity index (χ3v) is 4.92. The number of hydrogen-bond acceptors (Lipinski definition) is 6. The highest BCUT2D eigenvalue weighted by Crippen LogP contribution is 2.19. The molecule has 0 unspecified atom stereocenters. The van der Waals surface area contributed by atoms with E-state index in [1.165, 1.54) is 4.88 Å². The van der Waals surface area contributed by atoms with E-state index in [0.717, 1.165) is 55.2 Å². The zero-order valence-corrected chi connectivity index (χ0v) is 16.2. The van der Waals surface area contributed by atoms with Gasteiger partial charge in [0.1, 0.15) is 10.8 Å². The van der Waals surface area contributed by atoms with Crippen molar-refractivity contribution in [1.29, 1.82) is 0 Å². The van der Waals surface area contributed by atoms with Crippen molar-refractivity contribution < 1.29 is 4.74 Å². The molecule has 0 aliphatic carbocycles. The number of pyridine rings is 1. The molecule has 1 fully saturated rings. The first-order valence-corrected chi connectivity index (χ1v) is 9.78. The van der Waals surface area contributed by atoms with Gasteiger partial charge < -0.3 is 20.3 Å². The highest BCUT2D eigenvalue weighted by atomic mass is 32.1. The molecule has 3 rings (SSSR count). The topological polar surface area (TPSA) is 74.7 Å². The van der Waals surface area contributed by atoms with Crippen LogP contribution in [0.2, 0.25) is 0 Å². The summed E-state index contributed by atoms with van der Waals surface area (Å²) < 4.78 is 5.44. The van der Waals surface area contributed by atoms with Crippen LogP contribution in [0.3, 0.4) is 0 Å². The molecule has 0 spiro atoms. The van der Waals surface area contributed by atoms with Crippen molar-refractivity contribution in [2.24, 2.45) is 4.99 Å². The number of anilines is 1. The summed E-state index contributed by atoms with van der Waals surface area (Å²) in [7, 11) is 0. The van der Waals surface area contributed by atoms with Crippen molar-refractivity contribution >= 4 is 23.1 Å². The summed E-state index contributed by atoms with van der Waals surface area (Å²) in [5.74, 6) is 1.79. The van der Waals surface area contributed by atoms with Gasteiger partial charge in [-0.25, -0.2) is 15.0 Å². The van der Waals surface area contributed by atoms with E-state index in [0.29, 0.717) is 13.1 Å². The SMILES string of the molecule is CCNC(=NCc1cccnc1N1CCOCC1)NCc1ncc(C)s1. The predicted octanol–water partition coefficient (Wildman–Crippen LogP) is 1.94. The lowest BCUT2D eigenvalue weighted by Crippen LogP contribution is -2.38. The molecule has 8 heteroatoms. The Balaban J connectivity index is 1.67. The van der Waals surface area contributed by atoms with E-state index in [4.69, 9.17) is 9.73 Å². The number of aryl methyl sites for hydroxylation is 1. The standard InChI is InChI=1S/C18H26N6OS/c1-3-19-18(23-13-16-21-11-14(2)26-16)22-12-15-5-4-6-20-17(15)24-7-9-25-10-8-24/h4-6,11H,3,7-10,12-13H2,1-2H3,(H2,19,22,23). The number of guanidine groups is 1. The van der Waals surface area contributed by atoms with Gasteiger partial charge >= 0.3 is 0 Å². The molecule has 26 heavy (non-hydrogen) atoms. The van der Waals surface area contributed by atoms with Gasteiger partial charge in [-0.05, 0) is 19.9 Å². The van der Waals surface area contributed by atoms with Gasteiger partial charge in [0, 0.05) is 42.5 Å². The number of aromatic nitrogens is 2. The number of nitrogens with one attached hydrogen (secondary N) is 2. The number of morpholine rings is 1. The average Bonchev–Trinajstić information content (AvgIpc) is 3.10. The molecular weight excluding hydrogens is 348 g/mol. The van der Waals surface area contributed by atoms with Gasteiger partial charge in [-0.2, -0.15) is 0 Å².